The molecule has 1 saturated heterocycles. The molecule has 1 aliphatic carbocycles. The maximum atomic E-state index is 14.0. The number of aliphatic hydroxyl groups is 3. The molecule has 0 spiro atoms. The first-order valence-corrected chi connectivity index (χ1v) is 16.9. The van der Waals surface area contributed by atoms with Gasteiger partial charge in [0, 0.05) is 12.2 Å². The molecule has 2 amide bonds. The molecule has 9 nitrogen and oxygen atoms in total. The van der Waals surface area contributed by atoms with Crippen LogP contribution in [0, 0.1) is 17.8 Å². The van der Waals surface area contributed by atoms with Gasteiger partial charge in [-0.05, 0) is 90.2 Å². The van der Waals surface area contributed by atoms with Crippen molar-refractivity contribution in [2.75, 3.05) is 6.54 Å². The second kappa shape index (κ2) is 17.4. The zero-order valence-corrected chi connectivity index (χ0v) is 29.5. The van der Waals surface area contributed by atoms with E-state index in [9.17, 15) is 24.9 Å². The number of hydrogen-bond donors (Lipinski definition) is 4. The zero-order chi connectivity index (χ0) is 34.8. The monoisotopic (exact) mass is 644 g/mol. The van der Waals surface area contributed by atoms with Gasteiger partial charge >= 0.3 is 12.0 Å². The summed E-state index contributed by atoms with van der Waals surface area (Å²) < 4.78 is 12.3. The largest absolute Gasteiger partial charge is 0.459 e. The summed E-state index contributed by atoms with van der Waals surface area (Å²) in [5.41, 5.74) is -1.49. The molecule has 2 aliphatic rings. The molecule has 3 unspecified atom stereocenters. The normalized spacial score (nSPS) is 36.8. The molecule has 2 rings (SSSR count). The van der Waals surface area contributed by atoms with Crippen LogP contribution in [-0.2, 0) is 14.3 Å². The van der Waals surface area contributed by atoms with Gasteiger partial charge in [0.05, 0.1) is 29.8 Å². The van der Waals surface area contributed by atoms with E-state index in [0.29, 0.717) is 25.0 Å². The molecule has 0 saturated carbocycles. The highest BCUT2D eigenvalue weighted by atomic mass is 16.6. The Morgan fingerprint density at radius 2 is 1.87 bits per heavy atom. The number of hydrogen-bond acceptors (Lipinski definition) is 7. The SMILES string of the molecule is C=C/C=C\C=C1/CC=CC=C1NC(=O)N1C[C@H](C)C[C@@](C)(O)C[C@@H](C)[C@H](O[C@H](C)CC)C(C)C(=O)O[C@H](CC)[C@@](C)(O)C(O)C1C. The summed E-state index contributed by atoms with van der Waals surface area (Å²) >= 11 is 0. The number of carbonyl (C=O) groups is 2. The number of nitrogens with zero attached hydrogens (tertiary/aromatic N) is 1. The van der Waals surface area contributed by atoms with Crippen LogP contribution in [0.2, 0.25) is 0 Å². The Hall–Kier alpha value is -2.72. The topological polar surface area (TPSA) is 129 Å². The van der Waals surface area contributed by atoms with E-state index in [1.54, 1.807) is 39.8 Å². The Morgan fingerprint density at radius 3 is 2.48 bits per heavy atom. The van der Waals surface area contributed by atoms with Crippen molar-refractivity contribution in [3.63, 3.8) is 0 Å². The van der Waals surface area contributed by atoms with Crippen LogP contribution in [0.25, 0.3) is 0 Å². The van der Waals surface area contributed by atoms with Crippen LogP contribution >= 0.6 is 0 Å². The number of amides is 2. The maximum Gasteiger partial charge on any atom is 0.322 e. The molecule has 9 heteroatoms. The van der Waals surface area contributed by atoms with Crippen LogP contribution in [0.3, 0.4) is 0 Å². The van der Waals surface area contributed by atoms with Gasteiger partial charge in [-0.25, -0.2) is 4.79 Å². The van der Waals surface area contributed by atoms with E-state index in [1.807, 2.05) is 58.1 Å². The Bertz CT molecular complexity index is 1150. The highest BCUT2D eigenvalue weighted by Gasteiger charge is 2.47. The standard InChI is InChI=1S/C37H60N2O7/c1-11-14-15-18-29-19-16-17-20-30(29)38-35(42)39-23-24(4)21-36(9,43)22-25(5)32(45-26(6)12-2)27(7)34(41)46-31(13-3)37(10,44)33(40)28(39)8/h11,14-18,20,24-28,31-33,40,43-44H,1,12-13,19,21-23H2,2-10H3,(H,38,42)/b15-14-,29-18+/t24-,25-,26-,27?,28?,31-,32+,33?,36-,37-/m1/s1. The number of ether oxygens (including phenoxy) is 2. The second-order valence-electron chi connectivity index (χ2n) is 13.9. The minimum atomic E-state index is -1.89. The Kier molecular flexibility index (Phi) is 15.0. The van der Waals surface area contributed by atoms with Crippen LogP contribution in [0.5, 0.6) is 0 Å². The Labute approximate surface area is 277 Å². The molecule has 1 heterocycles. The number of nitrogens with one attached hydrogen (secondary N) is 1. The van der Waals surface area contributed by atoms with E-state index in [2.05, 4.69) is 11.9 Å². The molecule has 1 aliphatic heterocycles. The summed E-state index contributed by atoms with van der Waals surface area (Å²) in [6.45, 7) is 20.2. The first-order chi connectivity index (χ1) is 21.5. The predicted octanol–water partition coefficient (Wildman–Crippen LogP) is 5.97. The van der Waals surface area contributed by atoms with E-state index in [-0.39, 0.29) is 30.9 Å². The second-order valence-corrected chi connectivity index (χ2v) is 13.9. The summed E-state index contributed by atoms with van der Waals surface area (Å²) in [4.78, 5) is 29.1. The number of rotatable bonds is 7. The van der Waals surface area contributed by atoms with Gasteiger partial charge in [-0.2, -0.15) is 0 Å². The van der Waals surface area contributed by atoms with Crippen molar-refractivity contribution in [2.45, 2.75) is 136 Å². The molecule has 0 radical (unpaired) electrons. The minimum absolute atomic E-state index is 0.114. The average Bonchev–Trinajstić information content (AvgIpc) is 2.99. The summed E-state index contributed by atoms with van der Waals surface area (Å²) in [5, 5.41) is 38.1. The van der Waals surface area contributed by atoms with E-state index < -0.39 is 53.5 Å². The summed E-state index contributed by atoms with van der Waals surface area (Å²) in [5.74, 6) is -1.63. The number of carbonyl (C=O) groups excluding carboxylic acids is 2. The lowest BCUT2D eigenvalue weighted by Crippen LogP contribution is -2.61. The van der Waals surface area contributed by atoms with Gasteiger partial charge in [-0.3, -0.25) is 4.79 Å². The molecule has 46 heavy (non-hydrogen) atoms. The zero-order valence-electron chi connectivity index (χ0n) is 29.5. The molecular weight excluding hydrogens is 584 g/mol. The van der Waals surface area contributed by atoms with E-state index in [0.717, 1.165) is 12.0 Å². The van der Waals surface area contributed by atoms with Crippen molar-refractivity contribution in [3.8, 4) is 0 Å². The lowest BCUT2D eigenvalue weighted by molar-refractivity contribution is -0.194. The number of esters is 1. The van der Waals surface area contributed by atoms with Crippen LogP contribution in [0.4, 0.5) is 4.79 Å². The molecule has 10 atom stereocenters. The van der Waals surface area contributed by atoms with Crippen molar-refractivity contribution in [1.82, 2.24) is 10.2 Å². The van der Waals surface area contributed by atoms with Gasteiger partial charge in [-0.15, -0.1) is 0 Å². The first kappa shape index (κ1) is 39.5. The molecular formula is C37H60N2O7. The molecule has 1 fully saturated rings. The Morgan fingerprint density at radius 1 is 1.20 bits per heavy atom. The van der Waals surface area contributed by atoms with Crippen molar-refractivity contribution in [3.05, 3.63) is 60.4 Å². The third kappa shape index (κ3) is 10.7. The number of allylic oxidation sites excluding steroid dienone is 8. The quantitative estimate of drug-likeness (QED) is 0.199. The molecule has 4 N–H and O–H groups in total. The highest BCUT2D eigenvalue weighted by Crippen LogP contribution is 2.34. The minimum Gasteiger partial charge on any atom is -0.459 e. The summed E-state index contributed by atoms with van der Waals surface area (Å²) in [6, 6.07) is -1.33. The van der Waals surface area contributed by atoms with Crippen LogP contribution in [0.1, 0.15) is 94.4 Å². The average molecular weight is 645 g/mol. The number of cyclic esters (lactones) is 1. The lowest BCUT2D eigenvalue weighted by Gasteiger charge is -2.43. The molecule has 0 aromatic carbocycles. The van der Waals surface area contributed by atoms with Gasteiger partial charge in [-0.1, -0.05) is 70.7 Å². The van der Waals surface area contributed by atoms with E-state index in [4.69, 9.17) is 9.47 Å². The third-order valence-electron chi connectivity index (χ3n) is 9.41. The van der Waals surface area contributed by atoms with E-state index >= 15 is 0 Å². The van der Waals surface area contributed by atoms with Gasteiger partial charge < -0.3 is 35.0 Å². The number of urea groups is 1. The van der Waals surface area contributed by atoms with Crippen LogP contribution in [0.15, 0.2) is 60.4 Å². The third-order valence-corrected chi connectivity index (χ3v) is 9.41. The molecule has 260 valence electrons. The summed E-state index contributed by atoms with van der Waals surface area (Å²) in [6.07, 6.45) is 12.1. The van der Waals surface area contributed by atoms with Crippen molar-refractivity contribution in [2.24, 2.45) is 17.8 Å². The maximum absolute atomic E-state index is 14.0. The van der Waals surface area contributed by atoms with E-state index in [1.165, 1.54) is 11.8 Å². The highest BCUT2D eigenvalue weighted by molar-refractivity contribution is 5.78. The fourth-order valence-corrected chi connectivity index (χ4v) is 6.73. The van der Waals surface area contributed by atoms with Crippen molar-refractivity contribution >= 4 is 12.0 Å². The molecule has 0 bridgehead atoms. The molecule has 0 aromatic heterocycles. The first-order valence-electron chi connectivity index (χ1n) is 16.9. The molecule has 0 aromatic rings. The van der Waals surface area contributed by atoms with Gasteiger partial charge in [0.2, 0.25) is 0 Å². The van der Waals surface area contributed by atoms with Gasteiger partial charge in [0.15, 0.2) is 0 Å². The fraction of sp³-hybridized carbons (Fsp3) is 0.676. The van der Waals surface area contributed by atoms with Gasteiger partial charge in [0.25, 0.3) is 0 Å². The van der Waals surface area contributed by atoms with Crippen LogP contribution < -0.4 is 5.32 Å². The number of aliphatic hydroxyl groups excluding tert-OH is 1. The fourth-order valence-electron chi connectivity index (χ4n) is 6.73. The summed E-state index contributed by atoms with van der Waals surface area (Å²) in [7, 11) is 0. The predicted molar refractivity (Wildman–Crippen MR) is 183 cm³/mol. The lowest BCUT2D eigenvalue weighted by atomic mass is 9.80. The van der Waals surface area contributed by atoms with Crippen molar-refractivity contribution in [1.29, 1.82) is 0 Å². The van der Waals surface area contributed by atoms with Gasteiger partial charge in [0.1, 0.15) is 17.8 Å². The smallest absolute Gasteiger partial charge is 0.322 e. The van der Waals surface area contributed by atoms with Crippen LogP contribution in [-0.4, -0.2) is 80.4 Å². The van der Waals surface area contributed by atoms with Crippen molar-refractivity contribution < 1.29 is 34.4 Å². The Balaban J connectivity index is 2.55.